The number of rotatable bonds is 8. The second-order valence-corrected chi connectivity index (χ2v) is 8.95. The SMILES string of the molecule is C.CC(C)COc1ccc(CNC(=O)N(Cc2ccc(F)cc2)C2CC[NH+](C)CC2)cc1. The Labute approximate surface area is 192 Å². The van der Waals surface area contributed by atoms with E-state index in [2.05, 4.69) is 26.2 Å². The number of nitrogens with zero attached hydrogens (tertiary/aromatic N) is 1. The fourth-order valence-corrected chi connectivity index (χ4v) is 3.81. The maximum atomic E-state index is 13.3. The molecule has 3 rings (SSSR count). The molecule has 1 saturated heterocycles. The number of quaternary nitrogens is 1. The van der Waals surface area contributed by atoms with E-state index in [-0.39, 0.29) is 25.3 Å². The first kappa shape index (κ1) is 25.7. The van der Waals surface area contributed by atoms with Gasteiger partial charge in [0.05, 0.1) is 26.7 Å². The summed E-state index contributed by atoms with van der Waals surface area (Å²) in [5.74, 6) is 1.06. The van der Waals surface area contributed by atoms with Crippen LogP contribution in [0, 0.1) is 11.7 Å². The van der Waals surface area contributed by atoms with Gasteiger partial charge in [-0.2, -0.15) is 0 Å². The van der Waals surface area contributed by atoms with Crippen molar-refractivity contribution in [3.63, 3.8) is 0 Å². The molecule has 0 bridgehead atoms. The van der Waals surface area contributed by atoms with Crippen LogP contribution in [-0.2, 0) is 13.1 Å². The third-order valence-corrected chi connectivity index (χ3v) is 5.73. The molecule has 5 nitrogen and oxygen atoms in total. The van der Waals surface area contributed by atoms with E-state index in [4.69, 9.17) is 4.74 Å². The molecule has 0 saturated carbocycles. The van der Waals surface area contributed by atoms with Gasteiger partial charge < -0.3 is 19.9 Å². The number of benzene rings is 2. The minimum atomic E-state index is -0.261. The van der Waals surface area contributed by atoms with Crippen molar-refractivity contribution < 1.29 is 18.8 Å². The number of likely N-dealkylation sites (tertiary alicyclic amines) is 1. The Hall–Kier alpha value is -2.60. The molecule has 2 aromatic rings. The van der Waals surface area contributed by atoms with Gasteiger partial charge in [-0.25, -0.2) is 9.18 Å². The summed E-state index contributed by atoms with van der Waals surface area (Å²) in [6, 6.07) is 14.4. The first-order chi connectivity index (χ1) is 14.9. The van der Waals surface area contributed by atoms with Crippen LogP contribution in [0.25, 0.3) is 0 Å². The first-order valence-electron chi connectivity index (χ1n) is 11.2. The van der Waals surface area contributed by atoms with Gasteiger partial charge in [0.15, 0.2) is 0 Å². The molecule has 0 aliphatic carbocycles. The van der Waals surface area contributed by atoms with Gasteiger partial charge in [0.2, 0.25) is 0 Å². The highest BCUT2D eigenvalue weighted by atomic mass is 19.1. The number of carbonyl (C=O) groups is 1. The predicted octanol–water partition coefficient (Wildman–Crippen LogP) is 3.89. The fraction of sp³-hybridized carbons (Fsp3) is 0.500. The zero-order valence-corrected chi connectivity index (χ0v) is 18.9. The lowest BCUT2D eigenvalue weighted by Crippen LogP contribution is -3.10. The molecule has 176 valence electrons. The molecule has 2 amide bonds. The van der Waals surface area contributed by atoms with Gasteiger partial charge >= 0.3 is 6.03 Å². The molecule has 0 aromatic heterocycles. The molecule has 2 N–H and O–H groups in total. The summed E-state index contributed by atoms with van der Waals surface area (Å²) in [7, 11) is 2.19. The molecule has 1 heterocycles. The van der Waals surface area contributed by atoms with Crippen LogP contribution in [0.5, 0.6) is 5.75 Å². The summed E-state index contributed by atoms with van der Waals surface area (Å²) in [5, 5.41) is 3.07. The van der Waals surface area contributed by atoms with Crippen LogP contribution in [0.4, 0.5) is 9.18 Å². The van der Waals surface area contributed by atoms with Crippen molar-refractivity contribution in [3.05, 3.63) is 65.5 Å². The van der Waals surface area contributed by atoms with E-state index in [1.54, 1.807) is 12.1 Å². The third-order valence-electron chi connectivity index (χ3n) is 5.73. The molecule has 1 aliphatic heterocycles. The smallest absolute Gasteiger partial charge is 0.318 e. The number of ether oxygens (including phenoxy) is 1. The van der Waals surface area contributed by atoms with Crippen LogP contribution < -0.4 is 15.0 Å². The molecular weight excluding hydrogens is 405 g/mol. The Morgan fingerprint density at radius 1 is 1.09 bits per heavy atom. The van der Waals surface area contributed by atoms with Crippen LogP contribution >= 0.6 is 0 Å². The normalized spacial score (nSPS) is 18.0. The van der Waals surface area contributed by atoms with E-state index in [1.165, 1.54) is 17.0 Å². The minimum absolute atomic E-state index is 0. The van der Waals surface area contributed by atoms with Crippen molar-refractivity contribution >= 4 is 6.03 Å². The molecule has 0 unspecified atom stereocenters. The second-order valence-electron chi connectivity index (χ2n) is 8.95. The second kappa shape index (κ2) is 12.4. The van der Waals surface area contributed by atoms with E-state index < -0.39 is 0 Å². The number of piperidine rings is 1. The monoisotopic (exact) mass is 444 g/mol. The molecule has 0 spiro atoms. The average Bonchev–Trinajstić information content (AvgIpc) is 2.77. The Morgan fingerprint density at radius 3 is 2.28 bits per heavy atom. The number of hydrogen-bond acceptors (Lipinski definition) is 2. The first-order valence-corrected chi connectivity index (χ1v) is 11.2. The van der Waals surface area contributed by atoms with Crippen molar-refractivity contribution in [1.29, 1.82) is 0 Å². The van der Waals surface area contributed by atoms with Gasteiger partial charge in [0, 0.05) is 32.0 Å². The van der Waals surface area contributed by atoms with Crippen molar-refractivity contribution in [3.8, 4) is 5.75 Å². The van der Waals surface area contributed by atoms with Crippen LogP contribution in [0.15, 0.2) is 48.5 Å². The average molecular weight is 445 g/mol. The van der Waals surface area contributed by atoms with E-state index in [0.717, 1.165) is 42.8 Å². The van der Waals surface area contributed by atoms with E-state index in [0.29, 0.717) is 25.6 Å². The lowest BCUT2D eigenvalue weighted by Gasteiger charge is -2.36. The maximum absolute atomic E-state index is 13.3. The standard InChI is InChI=1S/C25H34FN3O2.CH4/c1-19(2)18-31-24-10-6-20(7-11-24)16-27-25(30)29(23-12-14-28(3)15-13-23)17-21-4-8-22(26)9-5-21;/h4-11,19,23H,12-18H2,1-3H3,(H,27,30);1H4/p+1. The van der Waals surface area contributed by atoms with Crippen LogP contribution in [-0.4, -0.2) is 43.7 Å². The highest BCUT2D eigenvalue weighted by molar-refractivity contribution is 5.74. The van der Waals surface area contributed by atoms with E-state index >= 15 is 0 Å². The van der Waals surface area contributed by atoms with Gasteiger partial charge in [0.1, 0.15) is 11.6 Å². The van der Waals surface area contributed by atoms with Crippen LogP contribution in [0.2, 0.25) is 0 Å². The van der Waals surface area contributed by atoms with E-state index in [9.17, 15) is 9.18 Å². The molecular formula is C26H39FN3O2+. The Morgan fingerprint density at radius 2 is 1.69 bits per heavy atom. The summed E-state index contributed by atoms with van der Waals surface area (Å²) in [5.41, 5.74) is 1.97. The van der Waals surface area contributed by atoms with E-state index in [1.807, 2.05) is 29.2 Å². The predicted molar refractivity (Wildman–Crippen MR) is 127 cm³/mol. The molecule has 0 radical (unpaired) electrons. The lowest BCUT2D eigenvalue weighted by molar-refractivity contribution is -0.885. The summed E-state index contributed by atoms with van der Waals surface area (Å²) in [6.45, 7) is 7.97. The zero-order valence-electron chi connectivity index (χ0n) is 18.9. The summed E-state index contributed by atoms with van der Waals surface area (Å²) >= 11 is 0. The van der Waals surface area contributed by atoms with Gasteiger partial charge in [-0.1, -0.05) is 45.5 Å². The highest BCUT2D eigenvalue weighted by Crippen LogP contribution is 2.17. The Kier molecular flexibility index (Phi) is 9.97. The largest absolute Gasteiger partial charge is 0.493 e. The summed E-state index contributed by atoms with van der Waals surface area (Å²) < 4.78 is 19.0. The van der Waals surface area contributed by atoms with Crippen molar-refractivity contribution in [2.75, 3.05) is 26.7 Å². The highest BCUT2D eigenvalue weighted by Gasteiger charge is 2.28. The molecule has 1 aliphatic rings. The van der Waals surface area contributed by atoms with Gasteiger partial charge in [-0.15, -0.1) is 0 Å². The molecule has 6 heteroatoms. The topological polar surface area (TPSA) is 46.0 Å². The summed E-state index contributed by atoms with van der Waals surface area (Å²) in [6.07, 6.45) is 1.95. The number of amides is 2. The van der Waals surface area contributed by atoms with Crippen LogP contribution in [0.3, 0.4) is 0 Å². The zero-order chi connectivity index (χ0) is 22.2. The maximum Gasteiger partial charge on any atom is 0.318 e. The molecule has 2 aromatic carbocycles. The van der Waals surface area contributed by atoms with Crippen molar-refractivity contribution in [2.24, 2.45) is 5.92 Å². The summed E-state index contributed by atoms with van der Waals surface area (Å²) in [4.78, 5) is 16.5. The van der Waals surface area contributed by atoms with Crippen molar-refractivity contribution in [2.45, 2.75) is 53.2 Å². The van der Waals surface area contributed by atoms with Gasteiger partial charge in [-0.3, -0.25) is 0 Å². The van der Waals surface area contributed by atoms with Crippen molar-refractivity contribution in [1.82, 2.24) is 10.2 Å². The third kappa shape index (κ3) is 7.83. The molecule has 1 fully saturated rings. The number of nitrogens with one attached hydrogen (secondary N) is 2. The Bertz CT molecular complexity index is 816. The minimum Gasteiger partial charge on any atom is -0.493 e. The van der Waals surface area contributed by atoms with Gasteiger partial charge in [-0.05, 0) is 41.3 Å². The number of halogens is 1. The number of hydrogen-bond donors (Lipinski definition) is 2. The number of urea groups is 1. The fourth-order valence-electron chi connectivity index (χ4n) is 3.81. The Balaban J connectivity index is 0.00000363. The lowest BCUT2D eigenvalue weighted by atomic mass is 10.0. The van der Waals surface area contributed by atoms with Gasteiger partial charge in [0.25, 0.3) is 0 Å². The number of carbonyl (C=O) groups excluding carboxylic acids is 1. The molecule has 0 atom stereocenters. The van der Waals surface area contributed by atoms with Crippen LogP contribution in [0.1, 0.15) is 45.2 Å². The molecule has 32 heavy (non-hydrogen) atoms. The quantitative estimate of drug-likeness (QED) is 0.649.